The van der Waals surface area contributed by atoms with Gasteiger partial charge in [0.2, 0.25) is 0 Å². The lowest BCUT2D eigenvalue weighted by Gasteiger charge is -2.16. The lowest BCUT2D eigenvalue weighted by molar-refractivity contribution is 0.414. The molecule has 0 fully saturated rings. The minimum absolute atomic E-state index is 0.106. The summed E-state index contributed by atoms with van der Waals surface area (Å²) in [5.74, 6) is 0.213. The maximum atomic E-state index is 9.76. The highest BCUT2D eigenvalue weighted by molar-refractivity contribution is 5.44. The van der Waals surface area contributed by atoms with E-state index in [2.05, 4.69) is 10.4 Å². The first-order valence-electron chi connectivity index (χ1n) is 6.31. The number of aromatic hydroxyl groups is 2. The highest BCUT2D eigenvalue weighted by Gasteiger charge is 2.14. The quantitative estimate of drug-likeness (QED) is 0.769. The molecule has 2 rings (SSSR count). The molecule has 0 aliphatic rings. The van der Waals surface area contributed by atoms with Crippen LogP contribution >= 0.6 is 0 Å². The Bertz CT molecular complexity index is 531. The molecule has 0 radical (unpaired) electrons. The lowest BCUT2D eigenvalue weighted by atomic mass is 10.1. The second kappa shape index (κ2) is 5.75. The number of nitrogens with zero attached hydrogens (tertiary/aromatic N) is 2. The number of nitrogens with one attached hydrogen (secondary N) is 1. The van der Waals surface area contributed by atoms with E-state index in [1.807, 2.05) is 30.9 Å². The van der Waals surface area contributed by atoms with Crippen LogP contribution in [0.15, 0.2) is 30.6 Å². The smallest absolute Gasteiger partial charge is 0.124 e. The largest absolute Gasteiger partial charge is 0.507 e. The van der Waals surface area contributed by atoms with Crippen molar-refractivity contribution in [1.82, 2.24) is 15.1 Å². The van der Waals surface area contributed by atoms with Gasteiger partial charge in [-0.1, -0.05) is 6.07 Å². The zero-order valence-corrected chi connectivity index (χ0v) is 11.2. The highest BCUT2D eigenvalue weighted by atomic mass is 16.3. The molecule has 1 aromatic heterocycles. The third-order valence-corrected chi connectivity index (χ3v) is 3.05. The van der Waals surface area contributed by atoms with Crippen LogP contribution in [0.3, 0.4) is 0 Å². The molecule has 1 aromatic carbocycles. The average molecular weight is 261 g/mol. The Kier molecular flexibility index (Phi) is 4.06. The van der Waals surface area contributed by atoms with Gasteiger partial charge in [0.1, 0.15) is 11.5 Å². The van der Waals surface area contributed by atoms with Crippen molar-refractivity contribution >= 4 is 0 Å². The molecular formula is C14H19N3O2. The average Bonchev–Trinajstić information content (AvgIpc) is 2.75. The van der Waals surface area contributed by atoms with Crippen molar-refractivity contribution in [3.63, 3.8) is 0 Å². The standard InChI is InChI=1S/C14H19N3O2/c1-10-8-16-17(9-10)7-6-15-11(2)14-12(18)4-3-5-13(14)19/h3-5,8-9,11,15,18-19H,6-7H2,1-2H3. The monoisotopic (exact) mass is 261 g/mol. The molecule has 5 nitrogen and oxygen atoms in total. The molecule has 0 saturated carbocycles. The van der Waals surface area contributed by atoms with Crippen LogP contribution in [-0.2, 0) is 6.54 Å². The zero-order valence-electron chi connectivity index (χ0n) is 11.2. The Morgan fingerprint density at radius 3 is 2.58 bits per heavy atom. The van der Waals surface area contributed by atoms with Gasteiger partial charge in [0.05, 0.1) is 18.3 Å². The van der Waals surface area contributed by atoms with E-state index in [9.17, 15) is 10.2 Å². The van der Waals surface area contributed by atoms with Gasteiger partial charge in [0, 0.05) is 18.8 Å². The number of aryl methyl sites for hydroxylation is 1. The van der Waals surface area contributed by atoms with Gasteiger partial charge in [0.15, 0.2) is 0 Å². The van der Waals surface area contributed by atoms with E-state index in [1.54, 1.807) is 18.2 Å². The Morgan fingerprint density at radius 2 is 2.00 bits per heavy atom. The first-order chi connectivity index (χ1) is 9.08. The van der Waals surface area contributed by atoms with E-state index in [4.69, 9.17) is 0 Å². The second-order valence-electron chi connectivity index (χ2n) is 4.67. The predicted octanol–water partition coefficient (Wildman–Crippen LogP) is 1.95. The highest BCUT2D eigenvalue weighted by Crippen LogP contribution is 2.31. The van der Waals surface area contributed by atoms with Gasteiger partial charge in [-0.2, -0.15) is 5.10 Å². The molecular weight excluding hydrogens is 242 g/mol. The van der Waals surface area contributed by atoms with Crippen LogP contribution < -0.4 is 5.32 Å². The number of phenols is 2. The number of benzene rings is 1. The van der Waals surface area contributed by atoms with Gasteiger partial charge in [0.25, 0.3) is 0 Å². The molecule has 1 unspecified atom stereocenters. The predicted molar refractivity (Wildman–Crippen MR) is 73.2 cm³/mol. The summed E-state index contributed by atoms with van der Waals surface area (Å²) >= 11 is 0. The fraction of sp³-hybridized carbons (Fsp3) is 0.357. The minimum Gasteiger partial charge on any atom is -0.507 e. The van der Waals surface area contributed by atoms with Crippen molar-refractivity contribution in [3.8, 4) is 11.5 Å². The van der Waals surface area contributed by atoms with E-state index in [0.717, 1.165) is 12.1 Å². The van der Waals surface area contributed by atoms with Crippen molar-refractivity contribution in [3.05, 3.63) is 41.7 Å². The van der Waals surface area contributed by atoms with E-state index in [1.165, 1.54) is 0 Å². The van der Waals surface area contributed by atoms with Gasteiger partial charge in [-0.3, -0.25) is 4.68 Å². The molecule has 0 spiro atoms. The molecule has 0 bridgehead atoms. The number of rotatable bonds is 5. The van der Waals surface area contributed by atoms with Crippen molar-refractivity contribution in [2.75, 3.05) is 6.54 Å². The molecule has 0 amide bonds. The minimum atomic E-state index is -0.127. The van der Waals surface area contributed by atoms with Crippen LogP contribution in [0.5, 0.6) is 11.5 Å². The molecule has 0 aliphatic heterocycles. The van der Waals surface area contributed by atoms with Crippen LogP contribution in [0.1, 0.15) is 24.1 Å². The Hall–Kier alpha value is -2.01. The Morgan fingerprint density at radius 1 is 1.32 bits per heavy atom. The molecule has 1 heterocycles. The van der Waals surface area contributed by atoms with E-state index in [-0.39, 0.29) is 17.5 Å². The van der Waals surface area contributed by atoms with Crippen LogP contribution in [-0.4, -0.2) is 26.5 Å². The third-order valence-electron chi connectivity index (χ3n) is 3.05. The first kappa shape index (κ1) is 13.4. The number of phenolic OH excluding ortho intramolecular Hbond substituents is 2. The van der Waals surface area contributed by atoms with E-state index >= 15 is 0 Å². The topological polar surface area (TPSA) is 70.3 Å². The SMILES string of the molecule is Cc1cnn(CCNC(C)c2c(O)cccc2O)c1. The van der Waals surface area contributed by atoms with Crippen LogP contribution in [0.4, 0.5) is 0 Å². The molecule has 5 heteroatoms. The molecule has 19 heavy (non-hydrogen) atoms. The van der Waals surface area contributed by atoms with Gasteiger partial charge < -0.3 is 15.5 Å². The summed E-state index contributed by atoms with van der Waals surface area (Å²) < 4.78 is 1.86. The van der Waals surface area contributed by atoms with Gasteiger partial charge in [-0.25, -0.2) is 0 Å². The Balaban J connectivity index is 1.92. The van der Waals surface area contributed by atoms with Crippen molar-refractivity contribution in [2.45, 2.75) is 26.4 Å². The summed E-state index contributed by atoms with van der Waals surface area (Å²) in [5.41, 5.74) is 1.66. The third kappa shape index (κ3) is 3.26. The fourth-order valence-corrected chi connectivity index (χ4v) is 2.07. The molecule has 0 aliphatic carbocycles. The maximum Gasteiger partial charge on any atom is 0.124 e. The Labute approximate surface area is 112 Å². The zero-order chi connectivity index (χ0) is 13.8. The second-order valence-corrected chi connectivity index (χ2v) is 4.67. The van der Waals surface area contributed by atoms with E-state index in [0.29, 0.717) is 12.1 Å². The molecule has 0 saturated heterocycles. The summed E-state index contributed by atoms with van der Waals surface area (Å²) in [5, 5.41) is 27.0. The normalized spacial score (nSPS) is 12.5. The summed E-state index contributed by atoms with van der Waals surface area (Å²) in [6.45, 7) is 5.35. The van der Waals surface area contributed by atoms with Crippen molar-refractivity contribution in [1.29, 1.82) is 0 Å². The molecule has 2 aromatic rings. The van der Waals surface area contributed by atoms with Gasteiger partial charge in [-0.15, -0.1) is 0 Å². The molecule has 1 atom stereocenters. The van der Waals surface area contributed by atoms with Crippen LogP contribution in [0.2, 0.25) is 0 Å². The van der Waals surface area contributed by atoms with Crippen LogP contribution in [0, 0.1) is 6.92 Å². The summed E-state index contributed by atoms with van der Waals surface area (Å²) in [4.78, 5) is 0. The molecule has 102 valence electrons. The van der Waals surface area contributed by atoms with Gasteiger partial charge >= 0.3 is 0 Å². The fourth-order valence-electron chi connectivity index (χ4n) is 2.07. The van der Waals surface area contributed by atoms with Crippen LogP contribution in [0.25, 0.3) is 0 Å². The number of hydrogen-bond acceptors (Lipinski definition) is 4. The lowest BCUT2D eigenvalue weighted by Crippen LogP contribution is -2.23. The van der Waals surface area contributed by atoms with Gasteiger partial charge in [-0.05, 0) is 31.5 Å². The summed E-state index contributed by atoms with van der Waals surface area (Å²) in [6.07, 6.45) is 3.79. The summed E-state index contributed by atoms with van der Waals surface area (Å²) in [6, 6.07) is 4.64. The number of hydrogen-bond donors (Lipinski definition) is 3. The van der Waals surface area contributed by atoms with E-state index < -0.39 is 0 Å². The van der Waals surface area contributed by atoms with Crippen molar-refractivity contribution in [2.24, 2.45) is 0 Å². The summed E-state index contributed by atoms with van der Waals surface area (Å²) in [7, 11) is 0. The maximum absolute atomic E-state index is 9.76. The molecule has 3 N–H and O–H groups in total. The first-order valence-corrected chi connectivity index (χ1v) is 6.31. The van der Waals surface area contributed by atoms with Crippen molar-refractivity contribution < 1.29 is 10.2 Å². The number of aromatic nitrogens is 2.